The lowest BCUT2D eigenvalue weighted by atomic mass is 10.0. The third-order valence-corrected chi connectivity index (χ3v) is 5.17. The lowest BCUT2D eigenvalue weighted by Gasteiger charge is -2.32. The summed E-state index contributed by atoms with van der Waals surface area (Å²) in [5.74, 6) is 0.191. The van der Waals surface area contributed by atoms with Crippen molar-refractivity contribution in [3.05, 3.63) is 21.3 Å². The van der Waals surface area contributed by atoms with Gasteiger partial charge >= 0.3 is 0 Å². The van der Waals surface area contributed by atoms with Gasteiger partial charge in [0.15, 0.2) is 0 Å². The summed E-state index contributed by atoms with van der Waals surface area (Å²) in [4.78, 5) is 16.9. The van der Waals surface area contributed by atoms with E-state index in [2.05, 4.69) is 16.3 Å². The number of piperidine rings is 1. The Kier molecular flexibility index (Phi) is 6.48. The zero-order chi connectivity index (χ0) is 15.2. The van der Waals surface area contributed by atoms with Gasteiger partial charge in [-0.25, -0.2) is 0 Å². The summed E-state index contributed by atoms with van der Waals surface area (Å²) in [5, 5.41) is 3.62. The van der Waals surface area contributed by atoms with Gasteiger partial charge in [-0.2, -0.15) is 0 Å². The van der Waals surface area contributed by atoms with Gasteiger partial charge in [-0.3, -0.25) is 9.69 Å². The van der Waals surface area contributed by atoms with Crippen LogP contribution in [0.15, 0.2) is 12.1 Å². The molecule has 4 nitrogen and oxygen atoms in total. The Balaban J connectivity index is 1.62. The average molecular weight is 330 g/mol. The Bertz CT molecular complexity index is 456. The molecule has 118 valence electrons. The predicted octanol–water partition coefficient (Wildman–Crippen LogP) is 2.09. The van der Waals surface area contributed by atoms with Gasteiger partial charge in [-0.15, -0.1) is 11.3 Å². The van der Waals surface area contributed by atoms with Crippen molar-refractivity contribution in [3.8, 4) is 0 Å². The normalized spacial score (nSPS) is 17.1. The highest BCUT2D eigenvalue weighted by Gasteiger charge is 2.20. The van der Waals surface area contributed by atoms with E-state index in [-0.39, 0.29) is 5.91 Å². The molecule has 0 saturated carbocycles. The number of thiophene rings is 1. The molecule has 0 aliphatic carbocycles. The molecule has 0 aromatic carbocycles. The molecule has 1 fully saturated rings. The highest BCUT2D eigenvalue weighted by Crippen LogP contribution is 2.21. The van der Waals surface area contributed by atoms with Crippen LogP contribution in [-0.2, 0) is 11.2 Å². The number of halogens is 1. The standard InChI is InChI=1S/C15H24ClN3OS/c1-18(2)15(20)11-19-9-6-12(7-10-19)17-8-5-13-3-4-14(16)21-13/h3-4,12,17H,5-11H2,1-2H3. The highest BCUT2D eigenvalue weighted by molar-refractivity contribution is 7.16. The molecule has 1 N–H and O–H groups in total. The zero-order valence-electron chi connectivity index (χ0n) is 12.8. The monoisotopic (exact) mass is 329 g/mol. The number of nitrogens with one attached hydrogen (secondary N) is 1. The van der Waals surface area contributed by atoms with Crippen LogP contribution in [0.1, 0.15) is 17.7 Å². The molecule has 1 aliphatic heterocycles. The lowest BCUT2D eigenvalue weighted by Crippen LogP contribution is -2.46. The van der Waals surface area contributed by atoms with E-state index in [1.54, 1.807) is 16.2 Å². The van der Waals surface area contributed by atoms with Gasteiger partial charge in [0, 0.05) is 44.6 Å². The minimum absolute atomic E-state index is 0.191. The predicted molar refractivity (Wildman–Crippen MR) is 89.2 cm³/mol. The number of hydrogen-bond donors (Lipinski definition) is 1. The minimum Gasteiger partial charge on any atom is -0.348 e. The number of rotatable bonds is 6. The van der Waals surface area contributed by atoms with Gasteiger partial charge in [-0.1, -0.05) is 11.6 Å². The molecule has 2 rings (SSSR count). The molecule has 6 heteroatoms. The number of carbonyl (C=O) groups excluding carboxylic acids is 1. The van der Waals surface area contributed by atoms with Crippen molar-refractivity contribution < 1.29 is 4.79 Å². The lowest BCUT2D eigenvalue weighted by molar-refractivity contribution is -0.130. The molecular weight excluding hydrogens is 306 g/mol. The smallest absolute Gasteiger partial charge is 0.236 e. The number of likely N-dealkylation sites (tertiary alicyclic amines) is 1. The Hall–Kier alpha value is -0.620. The van der Waals surface area contributed by atoms with Crippen LogP contribution in [0.3, 0.4) is 0 Å². The van der Waals surface area contributed by atoms with Gasteiger partial charge in [-0.05, 0) is 31.4 Å². The Morgan fingerprint density at radius 3 is 2.71 bits per heavy atom. The first-order chi connectivity index (χ1) is 10.0. The first kappa shape index (κ1) is 16.7. The first-order valence-corrected chi connectivity index (χ1v) is 8.64. The van der Waals surface area contributed by atoms with E-state index in [9.17, 15) is 4.79 Å². The quantitative estimate of drug-likeness (QED) is 0.868. The summed E-state index contributed by atoms with van der Waals surface area (Å²) in [6.07, 6.45) is 3.27. The molecule has 0 bridgehead atoms. The number of amides is 1. The van der Waals surface area contributed by atoms with Crippen LogP contribution in [0.4, 0.5) is 0 Å². The van der Waals surface area contributed by atoms with E-state index >= 15 is 0 Å². The summed E-state index contributed by atoms with van der Waals surface area (Å²) < 4.78 is 0.865. The van der Waals surface area contributed by atoms with Crippen molar-refractivity contribution in [2.24, 2.45) is 0 Å². The van der Waals surface area contributed by atoms with Gasteiger partial charge in [0.1, 0.15) is 0 Å². The minimum atomic E-state index is 0.191. The molecule has 0 radical (unpaired) electrons. The molecule has 1 aliphatic rings. The van der Waals surface area contributed by atoms with E-state index in [0.29, 0.717) is 12.6 Å². The van der Waals surface area contributed by atoms with Crippen LogP contribution < -0.4 is 5.32 Å². The van der Waals surface area contributed by atoms with Crippen LogP contribution >= 0.6 is 22.9 Å². The van der Waals surface area contributed by atoms with Crippen molar-refractivity contribution in [2.45, 2.75) is 25.3 Å². The van der Waals surface area contributed by atoms with Crippen molar-refractivity contribution in [3.63, 3.8) is 0 Å². The number of likely N-dealkylation sites (N-methyl/N-ethyl adjacent to an activating group) is 1. The third kappa shape index (κ3) is 5.58. The van der Waals surface area contributed by atoms with Crippen LogP contribution in [0, 0.1) is 0 Å². The van der Waals surface area contributed by atoms with Gasteiger partial charge in [0.25, 0.3) is 0 Å². The summed E-state index contributed by atoms with van der Waals surface area (Å²) in [6, 6.07) is 4.64. The van der Waals surface area contributed by atoms with E-state index in [0.717, 1.165) is 43.2 Å². The molecule has 0 spiro atoms. The van der Waals surface area contributed by atoms with E-state index < -0.39 is 0 Å². The molecule has 0 atom stereocenters. The van der Waals surface area contributed by atoms with Crippen molar-refractivity contribution in [1.82, 2.24) is 15.1 Å². The summed E-state index contributed by atoms with van der Waals surface area (Å²) in [7, 11) is 3.63. The summed E-state index contributed by atoms with van der Waals surface area (Å²) >= 11 is 7.59. The maximum absolute atomic E-state index is 11.7. The van der Waals surface area contributed by atoms with Crippen LogP contribution in [0.2, 0.25) is 4.34 Å². The Morgan fingerprint density at radius 1 is 1.43 bits per heavy atom. The Labute approximate surface area is 136 Å². The molecule has 1 saturated heterocycles. The molecule has 1 aromatic heterocycles. The molecule has 0 unspecified atom stereocenters. The largest absolute Gasteiger partial charge is 0.348 e. The van der Waals surface area contributed by atoms with Crippen molar-refractivity contribution in [1.29, 1.82) is 0 Å². The molecule has 2 heterocycles. The fourth-order valence-electron chi connectivity index (χ4n) is 2.51. The maximum Gasteiger partial charge on any atom is 0.236 e. The first-order valence-electron chi connectivity index (χ1n) is 7.44. The number of hydrogen-bond acceptors (Lipinski definition) is 4. The van der Waals surface area contributed by atoms with Crippen LogP contribution in [0.25, 0.3) is 0 Å². The maximum atomic E-state index is 11.7. The molecular formula is C15H24ClN3OS. The third-order valence-electron chi connectivity index (χ3n) is 3.88. The average Bonchev–Trinajstić information content (AvgIpc) is 2.86. The SMILES string of the molecule is CN(C)C(=O)CN1CCC(NCCc2ccc(Cl)s2)CC1. The van der Waals surface area contributed by atoms with Crippen molar-refractivity contribution >= 4 is 28.8 Å². The second-order valence-electron chi connectivity index (χ2n) is 5.75. The van der Waals surface area contributed by atoms with E-state index in [1.165, 1.54) is 4.88 Å². The highest BCUT2D eigenvalue weighted by atomic mass is 35.5. The fraction of sp³-hybridized carbons (Fsp3) is 0.667. The summed E-state index contributed by atoms with van der Waals surface area (Å²) in [5.41, 5.74) is 0. The Morgan fingerprint density at radius 2 is 2.14 bits per heavy atom. The van der Waals surface area contributed by atoms with Crippen LogP contribution in [0.5, 0.6) is 0 Å². The molecule has 1 aromatic rings. The van der Waals surface area contributed by atoms with E-state index in [1.807, 2.05) is 20.2 Å². The molecule has 1 amide bonds. The van der Waals surface area contributed by atoms with Gasteiger partial charge in [0.2, 0.25) is 5.91 Å². The van der Waals surface area contributed by atoms with Gasteiger partial charge in [0.05, 0.1) is 10.9 Å². The topological polar surface area (TPSA) is 35.6 Å². The van der Waals surface area contributed by atoms with Crippen LogP contribution in [-0.4, -0.2) is 62.0 Å². The van der Waals surface area contributed by atoms with Crippen molar-refractivity contribution in [2.75, 3.05) is 40.3 Å². The number of nitrogens with zero attached hydrogens (tertiary/aromatic N) is 2. The van der Waals surface area contributed by atoms with E-state index in [4.69, 9.17) is 11.6 Å². The summed E-state index contributed by atoms with van der Waals surface area (Å²) in [6.45, 7) is 3.55. The number of carbonyl (C=O) groups is 1. The van der Waals surface area contributed by atoms with Gasteiger partial charge < -0.3 is 10.2 Å². The second-order valence-corrected chi connectivity index (χ2v) is 7.55. The fourth-order valence-corrected chi connectivity index (χ4v) is 3.60. The molecule has 21 heavy (non-hydrogen) atoms. The zero-order valence-corrected chi connectivity index (χ0v) is 14.3. The second kappa shape index (κ2) is 8.13.